The Morgan fingerprint density at radius 3 is 2.28 bits per heavy atom. The van der Waals surface area contributed by atoms with Gasteiger partial charge in [0, 0.05) is 27.7 Å². The van der Waals surface area contributed by atoms with Crippen LogP contribution >= 0.6 is 15.9 Å². The Bertz CT molecular complexity index is 1200. The highest BCUT2D eigenvalue weighted by atomic mass is 79.9. The minimum atomic E-state index is -0.735. The van der Waals surface area contributed by atoms with Gasteiger partial charge in [0.1, 0.15) is 11.8 Å². The summed E-state index contributed by atoms with van der Waals surface area (Å²) in [5.74, 6) is -0.547. The van der Waals surface area contributed by atoms with Crippen molar-refractivity contribution in [3.05, 3.63) is 112 Å². The molecule has 0 bridgehead atoms. The summed E-state index contributed by atoms with van der Waals surface area (Å²) in [6, 6.07) is 23.0. The van der Waals surface area contributed by atoms with Gasteiger partial charge in [0.15, 0.2) is 0 Å². The first-order valence-corrected chi connectivity index (χ1v) is 10.8. The van der Waals surface area contributed by atoms with E-state index in [0.717, 1.165) is 10.0 Å². The molecule has 1 amide bonds. The van der Waals surface area contributed by atoms with Crippen LogP contribution in [0.1, 0.15) is 21.5 Å². The van der Waals surface area contributed by atoms with Crippen LogP contribution in [0.15, 0.2) is 100 Å². The van der Waals surface area contributed by atoms with E-state index in [1.807, 2.05) is 42.5 Å². The number of oxime groups is 1. The molecule has 1 aliphatic rings. The Kier molecular flexibility index (Phi) is 6.47. The number of carbonyl (C=O) groups excluding carboxylic acids is 2. The smallest absolute Gasteiger partial charge is 0.247 e. The number of rotatable bonds is 6. The maximum absolute atomic E-state index is 13.2. The van der Waals surface area contributed by atoms with Crippen molar-refractivity contribution in [3.8, 4) is 0 Å². The van der Waals surface area contributed by atoms with Gasteiger partial charge in [-0.3, -0.25) is 9.59 Å². The number of ketones is 1. The number of hydrogen-bond donors (Lipinski definition) is 3. The quantitative estimate of drug-likeness (QED) is 0.350. The second-order valence-corrected chi connectivity index (χ2v) is 8.22. The molecule has 0 saturated carbocycles. The Balaban J connectivity index is 1.62. The summed E-state index contributed by atoms with van der Waals surface area (Å²) in [5, 5.41) is 18.8. The number of allylic oxidation sites excluding steroid dienone is 2. The van der Waals surface area contributed by atoms with Gasteiger partial charge in [-0.25, -0.2) is 0 Å². The Hall–Kier alpha value is -3.71. The maximum Gasteiger partial charge on any atom is 0.247 e. The normalized spacial score (nSPS) is 15.0. The van der Waals surface area contributed by atoms with Crippen molar-refractivity contribution in [3.63, 3.8) is 0 Å². The molecule has 160 valence electrons. The molecule has 3 aromatic rings. The molecule has 32 heavy (non-hydrogen) atoms. The molecule has 0 aromatic heterocycles. The molecule has 0 unspecified atom stereocenters. The van der Waals surface area contributed by atoms with E-state index in [-0.39, 0.29) is 23.1 Å². The molecule has 1 atom stereocenters. The van der Waals surface area contributed by atoms with Gasteiger partial charge in [0.25, 0.3) is 0 Å². The van der Waals surface area contributed by atoms with Crippen molar-refractivity contribution >= 4 is 39.0 Å². The van der Waals surface area contributed by atoms with E-state index >= 15 is 0 Å². The van der Waals surface area contributed by atoms with Crippen LogP contribution in [0.5, 0.6) is 0 Å². The van der Waals surface area contributed by atoms with Crippen LogP contribution < -0.4 is 10.6 Å². The topological polar surface area (TPSA) is 90.8 Å². The predicted molar refractivity (Wildman–Crippen MR) is 127 cm³/mol. The van der Waals surface area contributed by atoms with Crippen molar-refractivity contribution in [2.45, 2.75) is 12.5 Å². The largest absolute Gasteiger partial charge is 0.410 e. The lowest BCUT2D eigenvalue weighted by Gasteiger charge is -2.24. The third-order valence-electron chi connectivity index (χ3n) is 5.12. The van der Waals surface area contributed by atoms with Crippen LogP contribution in [0.4, 0.5) is 5.69 Å². The summed E-state index contributed by atoms with van der Waals surface area (Å²) >= 11 is 3.38. The third kappa shape index (κ3) is 4.78. The first kappa shape index (κ1) is 21.5. The molecular formula is C25H20BrN3O3. The van der Waals surface area contributed by atoms with Crippen LogP contribution in [-0.4, -0.2) is 28.7 Å². The second-order valence-electron chi connectivity index (χ2n) is 7.30. The van der Waals surface area contributed by atoms with Gasteiger partial charge in [-0.05, 0) is 35.9 Å². The van der Waals surface area contributed by atoms with Crippen LogP contribution in [0, 0.1) is 0 Å². The highest BCUT2D eigenvalue weighted by Crippen LogP contribution is 2.22. The third-order valence-corrected chi connectivity index (χ3v) is 5.65. The number of Topliss-reactive ketones (excluding diaryl/α,β-unsaturated/α-hetero) is 1. The molecule has 4 rings (SSSR count). The molecule has 3 aromatic carbocycles. The average Bonchev–Trinajstić information content (AvgIpc) is 2.82. The zero-order chi connectivity index (χ0) is 22.5. The molecule has 0 spiro atoms. The molecule has 0 saturated heterocycles. The fourth-order valence-electron chi connectivity index (χ4n) is 3.53. The molecule has 0 aliphatic heterocycles. The van der Waals surface area contributed by atoms with Gasteiger partial charge < -0.3 is 15.8 Å². The van der Waals surface area contributed by atoms with Crippen LogP contribution in [0.25, 0.3) is 0 Å². The molecule has 7 heteroatoms. The SMILES string of the molecule is O=C1C(N[C@H](Cc2ccccc2)C(=O)Nc2ccc(Br)cc2)=CC(=NO)c2ccccc21. The molecule has 1 aliphatic carbocycles. The van der Waals surface area contributed by atoms with Gasteiger partial charge in [0.05, 0.1) is 5.70 Å². The number of nitrogens with zero attached hydrogens (tertiary/aromatic N) is 1. The number of amides is 1. The number of carbonyl (C=O) groups is 2. The fourth-order valence-corrected chi connectivity index (χ4v) is 3.79. The predicted octanol–water partition coefficient (Wildman–Crippen LogP) is 4.55. The lowest BCUT2D eigenvalue weighted by Crippen LogP contribution is -2.44. The van der Waals surface area contributed by atoms with Gasteiger partial charge in [-0.15, -0.1) is 0 Å². The van der Waals surface area contributed by atoms with Crippen LogP contribution in [0.2, 0.25) is 0 Å². The van der Waals surface area contributed by atoms with Crippen molar-refractivity contribution < 1.29 is 14.8 Å². The zero-order valence-electron chi connectivity index (χ0n) is 17.0. The van der Waals surface area contributed by atoms with E-state index in [1.54, 1.807) is 36.4 Å². The van der Waals surface area contributed by atoms with E-state index in [4.69, 9.17) is 0 Å². The van der Waals surface area contributed by atoms with Gasteiger partial charge >= 0.3 is 0 Å². The van der Waals surface area contributed by atoms with Crippen molar-refractivity contribution in [2.75, 3.05) is 5.32 Å². The summed E-state index contributed by atoms with van der Waals surface area (Å²) in [7, 11) is 0. The molecule has 0 heterocycles. The zero-order valence-corrected chi connectivity index (χ0v) is 18.5. The number of anilines is 1. The monoisotopic (exact) mass is 489 g/mol. The molecular weight excluding hydrogens is 470 g/mol. The minimum Gasteiger partial charge on any atom is -0.410 e. The van der Waals surface area contributed by atoms with Crippen molar-refractivity contribution in [2.24, 2.45) is 5.16 Å². The molecule has 3 N–H and O–H groups in total. The average molecular weight is 490 g/mol. The number of halogens is 1. The highest BCUT2D eigenvalue weighted by Gasteiger charge is 2.28. The van der Waals surface area contributed by atoms with Crippen molar-refractivity contribution in [1.29, 1.82) is 0 Å². The standard InChI is InChI=1S/C25H20BrN3O3/c26-17-10-12-18(13-11-17)27-25(31)23(14-16-6-2-1-3-7-16)28-22-15-21(29-32)19-8-4-5-9-20(19)24(22)30/h1-13,15,23,28,32H,14H2,(H,27,31)/t23-/m1/s1. The van der Waals surface area contributed by atoms with E-state index in [2.05, 4.69) is 31.7 Å². The molecule has 6 nitrogen and oxygen atoms in total. The van der Waals surface area contributed by atoms with E-state index < -0.39 is 6.04 Å². The Morgan fingerprint density at radius 1 is 0.938 bits per heavy atom. The lowest BCUT2D eigenvalue weighted by molar-refractivity contribution is -0.117. The Morgan fingerprint density at radius 2 is 1.59 bits per heavy atom. The summed E-state index contributed by atoms with van der Waals surface area (Å²) in [5.41, 5.74) is 3.00. The van der Waals surface area contributed by atoms with Gasteiger partial charge in [-0.1, -0.05) is 75.7 Å². The summed E-state index contributed by atoms with van der Waals surface area (Å²) in [6.45, 7) is 0. The first-order valence-electron chi connectivity index (χ1n) is 10.00. The first-order chi connectivity index (χ1) is 15.5. The Labute approximate surface area is 193 Å². The number of benzene rings is 3. The highest BCUT2D eigenvalue weighted by molar-refractivity contribution is 9.10. The molecule has 0 radical (unpaired) electrons. The summed E-state index contributed by atoms with van der Waals surface area (Å²) < 4.78 is 0.905. The van der Waals surface area contributed by atoms with Gasteiger partial charge in [0.2, 0.25) is 11.7 Å². The van der Waals surface area contributed by atoms with E-state index in [0.29, 0.717) is 23.2 Å². The minimum absolute atomic E-state index is 0.198. The van der Waals surface area contributed by atoms with Gasteiger partial charge in [-0.2, -0.15) is 0 Å². The number of hydrogen-bond acceptors (Lipinski definition) is 5. The summed E-state index contributed by atoms with van der Waals surface area (Å²) in [4.78, 5) is 26.3. The fraction of sp³-hybridized carbons (Fsp3) is 0.0800. The lowest BCUT2D eigenvalue weighted by atomic mass is 9.91. The van der Waals surface area contributed by atoms with Crippen LogP contribution in [0.3, 0.4) is 0 Å². The maximum atomic E-state index is 13.2. The summed E-state index contributed by atoms with van der Waals surface area (Å²) in [6.07, 6.45) is 1.83. The second kappa shape index (κ2) is 9.62. The van der Waals surface area contributed by atoms with E-state index in [1.165, 1.54) is 6.08 Å². The molecule has 0 fully saturated rings. The van der Waals surface area contributed by atoms with E-state index in [9.17, 15) is 14.8 Å². The number of fused-ring (bicyclic) bond motifs is 1. The van der Waals surface area contributed by atoms with Crippen molar-refractivity contribution in [1.82, 2.24) is 5.32 Å². The number of nitrogens with one attached hydrogen (secondary N) is 2. The van der Waals surface area contributed by atoms with Crippen LogP contribution in [-0.2, 0) is 11.2 Å².